The minimum absolute atomic E-state index is 0.507. The van der Waals surface area contributed by atoms with Gasteiger partial charge in [-0.05, 0) is 0 Å². The molecule has 0 radical (unpaired) electrons. The first-order chi connectivity index (χ1) is 3.77. The molecule has 0 heterocycles. The lowest BCUT2D eigenvalue weighted by atomic mass is 10.8. The van der Waals surface area contributed by atoms with E-state index in [4.69, 9.17) is 0 Å². The molecule has 0 aliphatic carbocycles. The fourth-order valence-corrected chi connectivity index (χ4v) is 0.667. The molecule has 1 unspecified atom stereocenters. The molecule has 0 bridgehead atoms. The maximum atomic E-state index is 10.3. The van der Waals surface area contributed by atoms with Crippen LogP contribution in [0.5, 0.6) is 0 Å². The number of rotatable bonds is 4. The van der Waals surface area contributed by atoms with Crippen molar-refractivity contribution in [2.75, 3.05) is 18.6 Å². The maximum absolute atomic E-state index is 10.3. The van der Waals surface area contributed by atoms with Crippen LogP contribution < -0.4 is 5.32 Å². The van der Waals surface area contributed by atoms with E-state index >= 15 is 0 Å². The predicted octanol–water partition coefficient (Wildman–Crippen LogP) is -0.889. The minimum Gasteiger partial charge on any atom is -0.617 e. The van der Waals surface area contributed by atoms with Crippen LogP contribution in [0, 0.1) is 0 Å². The van der Waals surface area contributed by atoms with E-state index in [1.165, 1.54) is 0 Å². The summed E-state index contributed by atoms with van der Waals surface area (Å²) in [6.07, 6.45) is 2.21. The Balaban J connectivity index is 2.81. The van der Waals surface area contributed by atoms with Gasteiger partial charge in [-0.1, -0.05) is 11.2 Å². The average Bonchev–Trinajstić information content (AvgIpc) is 1.66. The van der Waals surface area contributed by atoms with Crippen molar-refractivity contribution >= 4 is 17.6 Å². The second kappa shape index (κ2) is 4.93. The Kier molecular flexibility index (Phi) is 4.79. The summed E-state index contributed by atoms with van der Waals surface area (Å²) in [4.78, 5) is 9.58. The van der Waals surface area contributed by atoms with E-state index in [0.29, 0.717) is 18.7 Å². The summed E-state index contributed by atoms with van der Waals surface area (Å²) in [6.45, 7) is 0.507. The van der Waals surface area contributed by atoms with Crippen molar-refractivity contribution in [2.45, 2.75) is 0 Å². The lowest BCUT2D eigenvalue weighted by Gasteiger charge is -2.01. The molecular formula is C4H9NO2S. The summed E-state index contributed by atoms with van der Waals surface area (Å²) in [5, 5.41) is 2.41. The van der Waals surface area contributed by atoms with E-state index in [1.54, 1.807) is 6.26 Å². The SMILES string of the molecule is C[S+]([O-])CCNC=O. The van der Waals surface area contributed by atoms with Crippen molar-refractivity contribution in [2.24, 2.45) is 0 Å². The lowest BCUT2D eigenvalue weighted by molar-refractivity contribution is -0.109. The molecule has 0 fully saturated rings. The van der Waals surface area contributed by atoms with Crippen LogP contribution in [0.3, 0.4) is 0 Å². The van der Waals surface area contributed by atoms with Crippen molar-refractivity contribution in [3.63, 3.8) is 0 Å². The Labute approximate surface area is 51.6 Å². The highest BCUT2D eigenvalue weighted by atomic mass is 32.2. The van der Waals surface area contributed by atoms with Gasteiger partial charge in [0.2, 0.25) is 6.41 Å². The molecule has 0 aromatic rings. The van der Waals surface area contributed by atoms with Gasteiger partial charge in [-0.2, -0.15) is 0 Å². The van der Waals surface area contributed by atoms with Gasteiger partial charge in [-0.25, -0.2) is 0 Å². The predicted molar refractivity (Wildman–Crippen MR) is 33.0 cm³/mol. The zero-order chi connectivity index (χ0) is 6.41. The van der Waals surface area contributed by atoms with Crippen LogP contribution in [0.25, 0.3) is 0 Å². The van der Waals surface area contributed by atoms with E-state index in [9.17, 15) is 9.35 Å². The molecule has 3 nitrogen and oxygen atoms in total. The molecule has 0 spiro atoms. The monoisotopic (exact) mass is 135 g/mol. The molecule has 0 aromatic heterocycles. The van der Waals surface area contributed by atoms with E-state index in [2.05, 4.69) is 5.32 Å². The minimum atomic E-state index is -0.788. The van der Waals surface area contributed by atoms with Gasteiger partial charge in [-0.3, -0.25) is 4.79 Å². The van der Waals surface area contributed by atoms with Gasteiger partial charge >= 0.3 is 0 Å². The van der Waals surface area contributed by atoms with Gasteiger partial charge in [0, 0.05) is 0 Å². The Morgan fingerprint density at radius 2 is 2.50 bits per heavy atom. The third-order valence-electron chi connectivity index (χ3n) is 0.617. The smallest absolute Gasteiger partial charge is 0.207 e. The number of carbonyl (C=O) groups is 1. The molecule has 8 heavy (non-hydrogen) atoms. The van der Waals surface area contributed by atoms with E-state index in [1.807, 2.05) is 0 Å². The number of carbonyl (C=O) groups excluding carboxylic acids is 1. The molecule has 0 saturated carbocycles. The first kappa shape index (κ1) is 7.78. The first-order valence-corrected chi connectivity index (χ1v) is 3.97. The standard InChI is InChI=1S/C4H9NO2S/c1-8(7)3-2-5-4-6/h4H,2-3H2,1H3,(H,5,6). The van der Waals surface area contributed by atoms with Crippen LogP contribution in [0.4, 0.5) is 0 Å². The van der Waals surface area contributed by atoms with Gasteiger partial charge in [0.05, 0.1) is 12.8 Å². The van der Waals surface area contributed by atoms with Crippen LogP contribution in [-0.4, -0.2) is 29.5 Å². The van der Waals surface area contributed by atoms with Crippen molar-refractivity contribution in [1.29, 1.82) is 0 Å². The largest absolute Gasteiger partial charge is 0.617 e. The fraction of sp³-hybridized carbons (Fsp3) is 0.750. The summed E-state index contributed by atoms with van der Waals surface area (Å²) in [6, 6.07) is 0. The molecule has 0 aliphatic rings. The Hall–Kier alpha value is -0.220. The highest BCUT2D eigenvalue weighted by Gasteiger charge is 1.92. The Morgan fingerprint density at radius 3 is 2.88 bits per heavy atom. The molecule has 1 atom stereocenters. The summed E-state index contributed by atoms with van der Waals surface area (Å²) in [7, 11) is 0. The molecular weight excluding hydrogens is 126 g/mol. The summed E-state index contributed by atoms with van der Waals surface area (Å²) in [5.74, 6) is 0.540. The van der Waals surface area contributed by atoms with Crippen LogP contribution in [0.15, 0.2) is 0 Å². The van der Waals surface area contributed by atoms with Gasteiger partial charge in [0.1, 0.15) is 5.75 Å². The second-order valence-electron chi connectivity index (χ2n) is 1.35. The van der Waals surface area contributed by atoms with Crippen molar-refractivity contribution in [1.82, 2.24) is 5.32 Å². The zero-order valence-corrected chi connectivity index (χ0v) is 5.53. The lowest BCUT2D eigenvalue weighted by Crippen LogP contribution is -2.20. The summed E-state index contributed by atoms with van der Waals surface area (Å²) < 4.78 is 10.3. The summed E-state index contributed by atoms with van der Waals surface area (Å²) >= 11 is -0.788. The van der Waals surface area contributed by atoms with Crippen molar-refractivity contribution in [3.05, 3.63) is 0 Å². The molecule has 0 aliphatic heterocycles. The third-order valence-corrected chi connectivity index (χ3v) is 1.40. The topological polar surface area (TPSA) is 52.2 Å². The van der Waals surface area contributed by atoms with Crippen LogP contribution in [0.2, 0.25) is 0 Å². The summed E-state index contributed by atoms with van der Waals surface area (Å²) in [5.41, 5.74) is 0. The Bertz CT molecular complexity index is 67.1. The van der Waals surface area contributed by atoms with Crippen LogP contribution in [-0.2, 0) is 16.0 Å². The maximum Gasteiger partial charge on any atom is 0.207 e. The zero-order valence-electron chi connectivity index (χ0n) is 4.72. The number of nitrogens with one attached hydrogen (secondary N) is 1. The molecule has 0 aromatic carbocycles. The van der Waals surface area contributed by atoms with E-state index < -0.39 is 11.2 Å². The number of amides is 1. The molecule has 0 rings (SSSR count). The number of hydrogen-bond donors (Lipinski definition) is 1. The van der Waals surface area contributed by atoms with Crippen molar-refractivity contribution in [3.8, 4) is 0 Å². The van der Waals surface area contributed by atoms with Gasteiger partial charge in [0.25, 0.3) is 0 Å². The quantitative estimate of drug-likeness (QED) is 0.309. The molecule has 1 amide bonds. The molecule has 0 saturated heterocycles. The van der Waals surface area contributed by atoms with E-state index in [0.717, 1.165) is 0 Å². The fourth-order valence-electron chi connectivity index (χ4n) is 0.262. The van der Waals surface area contributed by atoms with Gasteiger partial charge < -0.3 is 9.87 Å². The second-order valence-corrected chi connectivity index (χ2v) is 2.90. The molecule has 48 valence electrons. The van der Waals surface area contributed by atoms with Crippen molar-refractivity contribution < 1.29 is 9.35 Å². The van der Waals surface area contributed by atoms with E-state index in [-0.39, 0.29) is 0 Å². The van der Waals surface area contributed by atoms with Crippen LogP contribution in [0.1, 0.15) is 0 Å². The highest BCUT2D eigenvalue weighted by Crippen LogP contribution is 1.77. The molecule has 4 heteroatoms. The highest BCUT2D eigenvalue weighted by molar-refractivity contribution is 7.90. The van der Waals surface area contributed by atoms with Gasteiger partial charge in [-0.15, -0.1) is 0 Å². The number of hydrogen-bond acceptors (Lipinski definition) is 2. The first-order valence-electron chi connectivity index (χ1n) is 2.24. The Morgan fingerprint density at radius 1 is 1.88 bits per heavy atom. The van der Waals surface area contributed by atoms with Crippen LogP contribution >= 0.6 is 0 Å². The average molecular weight is 135 g/mol. The van der Waals surface area contributed by atoms with Gasteiger partial charge in [0.15, 0.2) is 0 Å². The molecule has 1 N–H and O–H groups in total. The third kappa shape index (κ3) is 5.78. The normalized spacial score (nSPS) is 12.8.